The van der Waals surface area contributed by atoms with Gasteiger partial charge in [-0.15, -0.1) is 0 Å². The third-order valence-electron chi connectivity index (χ3n) is 4.27. The molecule has 0 radical (unpaired) electrons. The number of anilines is 2. The fraction of sp³-hybridized carbons (Fsp3) is 0.273. The van der Waals surface area contributed by atoms with Gasteiger partial charge in [0.1, 0.15) is 17.3 Å². The van der Waals surface area contributed by atoms with Gasteiger partial charge >= 0.3 is 0 Å². The molecule has 0 aliphatic carbocycles. The smallest absolute Gasteiger partial charge is 0.263 e. The molecule has 0 saturated carbocycles. The summed E-state index contributed by atoms with van der Waals surface area (Å²) in [5.41, 5.74) is 2.23. The molecule has 7 heteroatoms. The van der Waals surface area contributed by atoms with Crippen LogP contribution in [0.5, 0.6) is 11.5 Å². The fourth-order valence-electron chi connectivity index (χ4n) is 2.76. The van der Waals surface area contributed by atoms with Crippen molar-refractivity contribution in [2.75, 3.05) is 37.5 Å². The molecule has 29 heavy (non-hydrogen) atoms. The quantitative estimate of drug-likeness (QED) is 0.602. The van der Waals surface area contributed by atoms with Gasteiger partial charge < -0.3 is 19.7 Å². The highest BCUT2D eigenvalue weighted by molar-refractivity contribution is 5.91. The topological polar surface area (TPSA) is 68.6 Å². The average molecular weight is 394 g/mol. The number of benzene rings is 2. The first-order valence-electron chi connectivity index (χ1n) is 9.48. The van der Waals surface area contributed by atoms with Crippen LogP contribution in [0.4, 0.5) is 11.5 Å². The molecule has 0 saturated heterocycles. The standard InChI is InChI=1S/C22H26N4O3/c1-4-28-19-9-11-20(12-10-19)29-16-22(27)24-21-13-14-23-26(21)15-17-5-7-18(8-6-17)25(2)3/h5-14H,4,15-16H2,1-3H3,(H,24,27). The van der Waals surface area contributed by atoms with Crippen molar-refractivity contribution in [2.45, 2.75) is 13.5 Å². The third-order valence-corrected chi connectivity index (χ3v) is 4.27. The average Bonchev–Trinajstić information content (AvgIpc) is 3.14. The molecule has 2 aromatic carbocycles. The number of rotatable bonds is 9. The molecule has 7 nitrogen and oxygen atoms in total. The van der Waals surface area contributed by atoms with E-state index in [1.54, 1.807) is 29.1 Å². The monoisotopic (exact) mass is 394 g/mol. The summed E-state index contributed by atoms with van der Waals surface area (Å²) in [4.78, 5) is 14.3. The predicted octanol–water partition coefficient (Wildman–Crippen LogP) is 3.41. The Bertz CT molecular complexity index is 918. The fourth-order valence-corrected chi connectivity index (χ4v) is 2.76. The van der Waals surface area contributed by atoms with E-state index in [9.17, 15) is 4.79 Å². The number of nitrogens with zero attached hydrogens (tertiary/aromatic N) is 3. The van der Waals surface area contributed by atoms with E-state index in [-0.39, 0.29) is 12.5 Å². The van der Waals surface area contributed by atoms with Crippen molar-refractivity contribution >= 4 is 17.4 Å². The van der Waals surface area contributed by atoms with Crippen LogP contribution in [0.3, 0.4) is 0 Å². The number of aromatic nitrogens is 2. The van der Waals surface area contributed by atoms with Crippen LogP contribution in [-0.2, 0) is 11.3 Å². The van der Waals surface area contributed by atoms with E-state index in [1.807, 2.05) is 38.1 Å². The van der Waals surface area contributed by atoms with Crippen molar-refractivity contribution in [2.24, 2.45) is 0 Å². The van der Waals surface area contributed by atoms with E-state index in [2.05, 4.69) is 34.7 Å². The van der Waals surface area contributed by atoms with Crippen LogP contribution in [0.25, 0.3) is 0 Å². The maximum absolute atomic E-state index is 12.3. The minimum Gasteiger partial charge on any atom is -0.494 e. The molecule has 0 unspecified atom stereocenters. The van der Waals surface area contributed by atoms with Crippen molar-refractivity contribution in [3.8, 4) is 11.5 Å². The lowest BCUT2D eigenvalue weighted by Gasteiger charge is -2.13. The molecule has 3 aromatic rings. The highest BCUT2D eigenvalue weighted by Gasteiger charge is 2.09. The van der Waals surface area contributed by atoms with Gasteiger partial charge in [0.25, 0.3) is 5.91 Å². The second-order valence-electron chi connectivity index (χ2n) is 6.68. The number of carbonyl (C=O) groups is 1. The first-order chi connectivity index (χ1) is 14.0. The van der Waals surface area contributed by atoms with E-state index in [0.717, 1.165) is 17.0 Å². The molecule has 3 rings (SSSR count). The van der Waals surface area contributed by atoms with Gasteiger partial charge in [-0.1, -0.05) is 12.1 Å². The lowest BCUT2D eigenvalue weighted by molar-refractivity contribution is -0.118. The third kappa shape index (κ3) is 5.75. The van der Waals surface area contributed by atoms with E-state index in [4.69, 9.17) is 9.47 Å². The molecule has 1 amide bonds. The van der Waals surface area contributed by atoms with Crippen LogP contribution in [-0.4, -0.2) is 43.0 Å². The Hall–Kier alpha value is -3.48. The highest BCUT2D eigenvalue weighted by Crippen LogP contribution is 2.18. The summed E-state index contributed by atoms with van der Waals surface area (Å²) >= 11 is 0. The Morgan fingerprint density at radius 3 is 2.28 bits per heavy atom. The molecule has 0 bridgehead atoms. The number of hydrogen-bond acceptors (Lipinski definition) is 5. The summed E-state index contributed by atoms with van der Waals surface area (Å²) in [6, 6.07) is 17.2. The van der Waals surface area contributed by atoms with Crippen LogP contribution >= 0.6 is 0 Å². The van der Waals surface area contributed by atoms with E-state index in [0.29, 0.717) is 24.7 Å². The second-order valence-corrected chi connectivity index (χ2v) is 6.68. The normalized spacial score (nSPS) is 10.4. The molecule has 0 atom stereocenters. The molecule has 0 fully saturated rings. The van der Waals surface area contributed by atoms with Crippen LogP contribution in [0.15, 0.2) is 60.8 Å². The van der Waals surface area contributed by atoms with Crippen molar-refractivity contribution < 1.29 is 14.3 Å². The van der Waals surface area contributed by atoms with Crippen molar-refractivity contribution in [3.63, 3.8) is 0 Å². The van der Waals surface area contributed by atoms with E-state index < -0.39 is 0 Å². The number of amides is 1. The predicted molar refractivity (Wildman–Crippen MR) is 114 cm³/mol. The van der Waals surface area contributed by atoms with Gasteiger partial charge in [-0.05, 0) is 48.9 Å². The Morgan fingerprint density at radius 1 is 1.00 bits per heavy atom. The SMILES string of the molecule is CCOc1ccc(OCC(=O)Nc2ccnn2Cc2ccc(N(C)C)cc2)cc1. The molecule has 1 aromatic heterocycles. The lowest BCUT2D eigenvalue weighted by atomic mass is 10.2. The molecule has 0 aliphatic heterocycles. The second kappa shape index (κ2) is 9.64. The number of hydrogen-bond donors (Lipinski definition) is 1. The zero-order valence-corrected chi connectivity index (χ0v) is 17.0. The van der Waals surface area contributed by atoms with Crippen LogP contribution in [0.1, 0.15) is 12.5 Å². The minimum absolute atomic E-state index is 0.0866. The van der Waals surface area contributed by atoms with E-state index in [1.165, 1.54) is 0 Å². The molecular weight excluding hydrogens is 368 g/mol. The number of carbonyl (C=O) groups excluding carboxylic acids is 1. The van der Waals surface area contributed by atoms with Crippen LogP contribution in [0.2, 0.25) is 0 Å². The van der Waals surface area contributed by atoms with Crippen molar-refractivity contribution in [1.29, 1.82) is 0 Å². The molecule has 152 valence electrons. The summed E-state index contributed by atoms with van der Waals surface area (Å²) < 4.78 is 12.7. The molecule has 1 N–H and O–H groups in total. The zero-order chi connectivity index (χ0) is 20.6. The lowest BCUT2D eigenvalue weighted by Crippen LogP contribution is -2.22. The Morgan fingerprint density at radius 2 is 1.66 bits per heavy atom. The van der Waals surface area contributed by atoms with Gasteiger partial charge in [-0.25, -0.2) is 4.68 Å². The van der Waals surface area contributed by atoms with Gasteiger partial charge in [0.2, 0.25) is 0 Å². The highest BCUT2D eigenvalue weighted by atomic mass is 16.5. The Labute approximate surface area is 170 Å². The first kappa shape index (κ1) is 20.3. The molecule has 0 aliphatic rings. The van der Waals surface area contributed by atoms with Gasteiger partial charge in [-0.3, -0.25) is 4.79 Å². The maximum atomic E-state index is 12.3. The van der Waals surface area contributed by atoms with Crippen LogP contribution < -0.4 is 19.7 Å². The van der Waals surface area contributed by atoms with Gasteiger partial charge in [0.05, 0.1) is 19.3 Å². The van der Waals surface area contributed by atoms with Gasteiger partial charge in [0.15, 0.2) is 6.61 Å². The molecular formula is C22H26N4O3. The van der Waals surface area contributed by atoms with Gasteiger partial charge in [-0.2, -0.15) is 5.10 Å². The largest absolute Gasteiger partial charge is 0.494 e. The Balaban J connectivity index is 1.54. The van der Waals surface area contributed by atoms with Gasteiger partial charge in [0, 0.05) is 25.8 Å². The Kier molecular flexibility index (Phi) is 6.73. The molecule has 1 heterocycles. The summed E-state index contributed by atoms with van der Waals surface area (Å²) in [6.07, 6.45) is 1.66. The summed E-state index contributed by atoms with van der Waals surface area (Å²) in [5, 5.41) is 7.15. The summed E-state index contributed by atoms with van der Waals surface area (Å²) in [6.45, 7) is 3.02. The first-order valence-corrected chi connectivity index (χ1v) is 9.48. The van der Waals surface area contributed by atoms with Crippen molar-refractivity contribution in [1.82, 2.24) is 9.78 Å². The molecule has 0 spiro atoms. The van der Waals surface area contributed by atoms with E-state index >= 15 is 0 Å². The number of nitrogens with one attached hydrogen (secondary N) is 1. The summed E-state index contributed by atoms with van der Waals surface area (Å²) in [7, 11) is 4.01. The number of ether oxygens (including phenoxy) is 2. The van der Waals surface area contributed by atoms with Crippen LogP contribution in [0, 0.1) is 0 Å². The summed E-state index contributed by atoms with van der Waals surface area (Å²) in [5.74, 6) is 1.76. The minimum atomic E-state index is -0.247. The van der Waals surface area contributed by atoms with Crippen molar-refractivity contribution in [3.05, 3.63) is 66.4 Å². The zero-order valence-electron chi connectivity index (χ0n) is 17.0. The maximum Gasteiger partial charge on any atom is 0.263 e.